The van der Waals surface area contributed by atoms with Gasteiger partial charge in [0.15, 0.2) is 0 Å². The van der Waals surface area contributed by atoms with Gasteiger partial charge in [0.25, 0.3) is 0 Å². The number of carbonyl (C=O) groups excluding carboxylic acids is 3. The number of benzene rings is 2. The van der Waals surface area contributed by atoms with E-state index in [2.05, 4.69) is 6.58 Å². The molecule has 1 fully saturated rings. The minimum absolute atomic E-state index is 0.269. The van der Waals surface area contributed by atoms with Gasteiger partial charge >= 0.3 is 178 Å². The van der Waals surface area contributed by atoms with E-state index in [1.807, 2.05) is 24.3 Å². The summed E-state index contributed by atoms with van der Waals surface area (Å²) in [6.45, 7) is 3.36. The molecule has 1 aliphatic rings. The third-order valence-electron chi connectivity index (χ3n) is 3.79. The molecule has 0 amide bonds. The molecule has 0 N–H and O–H groups in total. The van der Waals surface area contributed by atoms with Crippen LogP contribution in [0, 0.1) is 0 Å². The van der Waals surface area contributed by atoms with Gasteiger partial charge in [-0.2, -0.15) is 0 Å². The molecule has 7 nitrogen and oxygen atoms in total. The average Bonchev–Trinajstić information content (AvgIpc) is 3.13. The molecule has 3 rings (SSSR count). The summed E-state index contributed by atoms with van der Waals surface area (Å²) >= 11 is -0.619. The van der Waals surface area contributed by atoms with E-state index in [0.29, 0.717) is 17.9 Å². The van der Waals surface area contributed by atoms with Crippen LogP contribution in [0.15, 0.2) is 61.2 Å². The maximum absolute atomic E-state index is 11.8. The Balaban J connectivity index is 1.47. The molecule has 0 bridgehead atoms. The van der Waals surface area contributed by atoms with Crippen LogP contribution in [0.25, 0.3) is 0 Å². The molecule has 150 valence electrons. The summed E-state index contributed by atoms with van der Waals surface area (Å²) < 4.78 is 22.6. The van der Waals surface area contributed by atoms with E-state index in [4.69, 9.17) is 18.9 Å². The van der Waals surface area contributed by atoms with Crippen molar-refractivity contribution in [3.8, 4) is 11.5 Å². The van der Waals surface area contributed by atoms with Crippen molar-refractivity contribution in [3.63, 3.8) is 0 Å². The van der Waals surface area contributed by atoms with E-state index in [-0.39, 0.29) is 13.2 Å². The number of hydrogen-bond acceptors (Lipinski definition) is 7. The quantitative estimate of drug-likeness (QED) is 0.224. The van der Waals surface area contributed by atoms with Crippen molar-refractivity contribution in [2.45, 2.75) is 12.5 Å². The Morgan fingerprint density at radius 2 is 1.69 bits per heavy atom. The third-order valence-corrected chi connectivity index (χ3v) is 6.68. The van der Waals surface area contributed by atoms with Crippen molar-refractivity contribution in [2.75, 3.05) is 13.2 Å². The predicted octanol–water partition coefficient (Wildman–Crippen LogP) is 0.670. The van der Waals surface area contributed by atoms with E-state index in [1.165, 1.54) is 7.22 Å². The summed E-state index contributed by atoms with van der Waals surface area (Å²) in [5.74, 6) is -0.591. The van der Waals surface area contributed by atoms with Gasteiger partial charge in [-0.3, -0.25) is 0 Å². The Kier molecular flexibility index (Phi) is 7.28. The van der Waals surface area contributed by atoms with Crippen LogP contribution in [0.4, 0.5) is 0 Å². The van der Waals surface area contributed by atoms with Crippen molar-refractivity contribution in [1.82, 2.24) is 0 Å². The molecular formula is C21H18O7Te. The van der Waals surface area contributed by atoms with Gasteiger partial charge in [-0.15, -0.1) is 0 Å². The van der Waals surface area contributed by atoms with Crippen LogP contribution in [0.2, 0.25) is 0 Å². The van der Waals surface area contributed by atoms with Crippen LogP contribution in [0.1, 0.15) is 6.42 Å². The summed E-state index contributed by atoms with van der Waals surface area (Å²) in [6, 6.07) is 14.8. The number of carbonyl (C=O) groups is 3. The summed E-state index contributed by atoms with van der Waals surface area (Å²) in [5, 5.41) is 0. The summed E-state index contributed by atoms with van der Waals surface area (Å²) in [7, 11) is 0. The number of esters is 3. The van der Waals surface area contributed by atoms with Crippen LogP contribution in [-0.2, 0) is 23.9 Å². The zero-order chi connectivity index (χ0) is 20.6. The van der Waals surface area contributed by atoms with E-state index < -0.39 is 44.9 Å². The van der Waals surface area contributed by atoms with E-state index in [9.17, 15) is 14.4 Å². The van der Waals surface area contributed by atoms with Gasteiger partial charge < -0.3 is 0 Å². The van der Waals surface area contributed by atoms with Crippen LogP contribution >= 0.6 is 0 Å². The van der Waals surface area contributed by atoms with Gasteiger partial charge in [0, 0.05) is 0 Å². The molecule has 0 aromatic heterocycles. The van der Waals surface area contributed by atoms with Gasteiger partial charge in [0.1, 0.15) is 0 Å². The Hall–Kier alpha value is -2.82. The average molecular weight is 510 g/mol. The molecule has 0 aliphatic carbocycles. The fourth-order valence-electron chi connectivity index (χ4n) is 2.39. The normalized spacial score (nSPS) is 15.3. The molecule has 0 spiro atoms. The first-order chi connectivity index (χ1) is 14.0. The standard InChI is InChI=1S/C21H18O7Te/c1-2-19(22)27-15-5-9-17(10-6-15)29-16-7-3-14(4-8-16)26-13-20(23)28-18-11-12-25-21(18)24/h2-10,18H,1,11-13H2. The first kappa shape index (κ1) is 20.9. The number of cyclic esters (lactones) is 1. The molecular weight excluding hydrogens is 492 g/mol. The molecule has 2 aromatic rings. The molecule has 1 aliphatic heterocycles. The van der Waals surface area contributed by atoms with Crippen molar-refractivity contribution in [1.29, 1.82) is 0 Å². The molecule has 8 heteroatoms. The predicted molar refractivity (Wildman–Crippen MR) is 105 cm³/mol. The van der Waals surface area contributed by atoms with Crippen molar-refractivity contribution < 1.29 is 33.3 Å². The SMILES string of the molecule is C=CC(=O)Oc1ccc([Te]c2ccc(OCC(=O)OC3CCOC3=O)cc2)cc1. The second kappa shape index (κ2) is 10.1. The number of rotatable bonds is 8. The van der Waals surface area contributed by atoms with Crippen molar-refractivity contribution in [2.24, 2.45) is 0 Å². The molecule has 1 heterocycles. The summed E-state index contributed by atoms with van der Waals surface area (Å²) in [4.78, 5) is 34.2. The van der Waals surface area contributed by atoms with Gasteiger partial charge in [0.2, 0.25) is 0 Å². The van der Waals surface area contributed by atoms with Crippen LogP contribution < -0.4 is 16.7 Å². The molecule has 29 heavy (non-hydrogen) atoms. The second-order valence-corrected chi connectivity index (χ2v) is 9.17. The van der Waals surface area contributed by atoms with Crippen LogP contribution in [-0.4, -0.2) is 58.1 Å². The molecule has 1 saturated heterocycles. The molecule has 2 aromatic carbocycles. The zero-order valence-corrected chi connectivity index (χ0v) is 17.7. The van der Waals surface area contributed by atoms with E-state index >= 15 is 0 Å². The molecule has 0 radical (unpaired) electrons. The summed E-state index contributed by atoms with van der Waals surface area (Å²) in [6.07, 6.45) is 0.667. The van der Waals surface area contributed by atoms with Crippen molar-refractivity contribution in [3.05, 3.63) is 61.2 Å². The first-order valence-corrected chi connectivity index (χ1v) is 11.1. The van der Waals surface area contributed by atoms with E-state index in [0.717, 1.165) is 6.08 Å². The Morgan fingerprint density at radius 3 is 2.24 bits per heavy atom. The van der Waals surface area contributed by atoms with Gasteiger partial charge in [-0.05, 0) is 0 Å². The fourth-order valence-corrected chi connectivity index (χ4v) is 4.72. The first-order valence-electron chi connectivity index (χ1n) is 8.74. The van der Waals surface area contributed by atoms with E-state index in [1.54, 1.807) is 24.3 Å². The minimum atomic E-state index is -0.828. The number of hydrogen-bond donors (Lipinski definition) is 0. The topological polar surface area (TPSA) is 88.1 Å². The summed E-state index contributed by atoms with van der Waals surface area (Å²) in [5.41, 5.74) is 0. The van der Waals surface area contributed by atoms with Crippen LogP contribution in [0.3, 0.4) is 0 Å². The monoisotopic (exact) mass is 512 g/mol. The Morgan fingerprint density at radius 1 is 1.07 bits per heavy atom. The van der Waals surface area contributed by atoms with Crippen molar-refractivity contribution >= 4 is 46.1 Å². The number of ether oxygens (including phenoxy) is 4. The molecule has 1 unspecified atom stereocenters. The van der Waals surface area contributed by atoms with Gasteiger partial charge in [-0.1, -0.05) is 0 Å². The van der Waals surface area contributed by atoms with Crippen LogP contribution in [0.5, 0.6) is 11.5 Å². The molecule has 0 saturated carbocycles. The zero-order valence-electron chi connectivity index (χ0n) is 15.4. The Bertz CT molecular complexity index is 890. The third kappa shape index (κ3) is 6.34. The fraction of sp³-hybridized carbons (Fsp3) is 0.190. The maximum atomic E-state index is 11.8. The van der Waals surface area contributed by atoms with Gasteiger partial charge in [0.05, 0.1) is 0 Å². The Labute approximate surface area is 177 Å². The second-order valence-electron chi connectivity index (χ2n) is 5.89. The van der Waals surface area contributed by atoms with Gasteiger partial charge in [-0.25, -0.2) is 0 Å². The molecule has 1 atom stereocenters.